The van der Waals surface area contributed by atoms with Crippen molar-refractivity contribution in [3.8, 4) is 22.6 Å². The Hall–Kier alpha value is -2.00. The highest BCUT2D eigenvalue weighted by molar-refractivity contribution is 5.67. The Morgan fingerprint density at radius 1 is 1.00 bits per heavy atom. The zero-order valence-corrected chi connectivity index (χ0v) is 11.6. The van der Waals surface area contributed by atoms with E-state index in [1.54, 1.807) is 0 Å². The fourth-order valence-electron chi connectivity index (χ4n) is 2.33. The maximum atomic E-state index is 5.79. The molecule has 0 saturated heterocycles. The summed E-state index contributed by atoms with van der Waals surface area (Å²) >= 11 is 0. The number of hydrogen-bond donors (Lipinski definition) is 1. The van der Waals surface area contributed by atoms with E-state index in [0.29, 0.717) is 6.79 Å². The van der Waals surface area contributed by atoms with Gasteiger partial charge in [-0.2, -0.15) is 0 Å². The summed E-state index contributed by atoms with van der Waals surface area (Å²) < 4.78 is 10.7. The lowest BCUT2D eigenvalue weighted by molar-refractivity contribution is 0.174. The summed E-state index contributed by atoms with van der Waals surface area (Å²) in [5, 5.41) is 0. The molecule has 0 radical (unpaired) electrons. The number of aryl methyl sites for hydroxylation is 1. The number of nitrogens with two attached hydrogens (primary N) is 1. The van der Waals surface area contributed by atoms with E-state index in [0.717, 1.165) is 29.9 Å². The molecule has 20 heavy (non-hydrogen) atoms. The molecule has 3 nitrogen and oxygen atoms in total. The molecule has 0 saturated carbocycles. The van der Waals surface area contributed by atoms with E-state index in [9.17, 15) is 0 Å². The fraction of sp³-hybridized carbons (Fsp3) is 0.294. The smallest absolute Gasteiger partial charge is 0.231 e. The van der Waals surface area contributed by atoms with Crippen LogP contribution >= 0.6 is 0 Å². The van der Waals surface area contributed by atoms with Gasteiger partial charge in [0.2, 0.25) is 6.79 Å². The zero-order chi connectivity index (χ0) is 13.9. The molecule has 0 fully saturated rings. The van der Waals surface area contributed by atoms with E-state index in [1.165, 1.54) is 11.1 Å². The maximum Gasteiger partial charge on any atom is 0.231 e. The maximum absolute atomic E-state index is 5.79. The van der Waals surface area contributed by atoms with Crippen LogP contribution in [0.3, 0.4) is 0 Å². The van der Waals surface area contributed by atoms with E-state index in [2.05, 4.69) is 30.3 Å². The molecule has 0 spiro atoms. The average molecular weight is 269 g/mol. The first-order valence-electron chi connectivity index (χ1n) is 6.97. The molecule has 1 aliphatic rings. The van der Waals surface area contributed by atoms with Gasteiger partial charge >= 0.3 is 0 Å². The van der Waals surface area contributed by atoms with E-state index >= 15 is 0 Å². The summed E-state index contributed by atoms with van der Waals surface area (Å²) in [7, 11) is 0. The monoisotopic (exact) mass is 269 g/mol. The van der Waals surface area contributed by atoms with Crippen LogP contribution in [0.1, 0.15) is 18.9 Å². The molecule has 0 bridgehead atoms. The third kappa shape index (κ3) is 2.78. The van der Waals surface area contributed by atoms with Crippen molar-refractivity contribution >= 4 is 0 Å². The lowest BCUT2D eigenvalue weighted by Crippen LogP contribution is -2.15. The Balaban J connectivity index is 1.77. The first-order valence-corrected chi connectivity index (χ1v) is 6.97. The minimum atomic E-state index is 0.253. The number of fused-ring (bicyclic) bond motifs is 1. The molecule has 0 aromatic heterocycles. The summed E-state index contributed by atoms with van der Waals surface area (Å²) in [5.74, 6) is 1.64. The highest BCUT2D eigenvalue weighted by Gasteiger charge is 2.13. The molecule has 0 amide bonds. The molecule has 2 aromatic carbocycles. The minimum Gasteiger partial charge on any atom is -0.454 e. The van der Waals surface area contributed by atoms with Crippen LogP contribution in [0.25, 0.3) is 11.1 Å². The first kappa shape index (κ1) is 13.0. The van der Waals surface area contributed by atoms with Gasteiger partial charge in [-0.3, -0.25) is 0 Å². The van der Waals surface area contributed by atoms with E-state index in [-0.39, 0.29) is 6.04 Å². The van der Waals surface area contributed by atoms with E-state index in [4.69, 9.17) is 15.2 Å². The van der Waals surface area contributed by atoms with Crippen LogP contribution in [0.4, 0.5) is 0 Å². The molecule has 2 N–H and O–H groups in total. The Kier molecular flexibility index (Phi) is 3.61. The standard InChI is InChI=1S/C17H19NO2/c1-12(18)2-3-13-4-6-14(7-5-13)15-8-9-16-17(10-15)20-11-19-16/h4-10,12H,2-3,11,18H2,1H3. The topological polar surface area (TPSA) is 44.5 Å². The molecule has 3 rings (SSSR count). The van der Waals surface area contributed by atoms with Crippen molar-refractivity contribution in [1.29, 1.82) is 0 Å². The van der Waals surface area contributed by atoms with Crippen molar-refractivity contribution in [2.75, 3.05) is 6.79 Å². The fourth-order valence-corrected chi connectivity index (χ4v) is 2.33. The first-order chi connectivity index (χ1) is 9.72. The summed E-state index contributed by atoms with van der Waals surface area (Å²) in [4.78, 5) is 0. The molecule has 1 aliphatic heterocycles. The lowest BCUT2D eigenvalue weighted by Gasteiger charge is -2.07. The van der Waals surface area contributed by atoms with Crippen molar-refractivity contribution < 1.29 is 9.47 Å². The molecule has 2 aromatic rings. The zero-order valence-electron chi connectivity index (χ0n) is 11.6. The number of rotatable bonds is 4. The molecule has 1 heterocycles. The summed E-state index contributed by atoms with van der Waals surface area (Å²) in [6.07, 6.45) is 2.04. The quantitative estimate of drug-likeness (QED) is 0.925. The van der Waals surface area contributed by atoms with Crippen LogP contribution in [-0.4, -0.2) is 12.8 Å². The van der Waals surface area contributed by atoms with Gasteiger partial charge in [0.1, 0.15) is 0 Å². The molecular formula is C17H19NO2. The molecule has 3 heteroatoms. The van der Waals surface area contributed by atoms with Gasteiger partial charge in [-0.15, -0.1) is 0 Å². The predicted octanol–water partition coefficient (Wildman–Crippen LogP) is 3.36. The average Bonchev–Trinajstić information content (AvgIpc) is 2.93. The van der Waals surface area contributed by atoms with Crippen LogP contribution in [0, 0.1) is 0 Å². The number of benzene rings is 2. The van der Waals surface area contributed by atoms with Crippen LogP contribution < -0.4 is 15.2 Å². The van der Waals surface area contributed by atoms with Crippen molar-refractivity contribution in [1.82, 2.24) is 0 Å². The van der Waals surface area contributed by atoms with Crippen LogP contribution in [0.15, 0.2) is 42.5 Å². The Labute approximate surface area is 119 Å². The van der Waals surface area contributed by atoms with E-state index in [1.807, 2.05) is 19.1 Å². The Morgan fingerprint density at radius 3 is 2.45 bits per heavy atom. The van der Waals surface area contributed by atoms with E-state index < -0.39 is 0 Å². The second-order valence-electron chi connectivity index (χ2n) is 5.28. The predicted molar refractivity (Wildman–Crippen MR) is 80.0 cm³/mol. The highest BCUT2D eigenvalue weighted by atomic mass is 16.7. The van der Waals surface area contributed by atoms with Gasteiger partial charge in [-0.05, 0) is 48.6 Å². The van der Waals surface area contributed by atoms with Gasteiger partial charge in [-0.1, -0.05) is 30.3 Å². The summed E-state index contributed by atoms with van der Waals surface area (Å²) in [6.45, 7) is 2.36. The Morgan fingerprint density at radius 2 is 1.70 bits per heavy atom. The van der Waals surface area contributed by atoms with Gasteiger partial charge in [-0.25, -0.2) is 0 Å². The van der Waals surface area contributed by atoms with Gasteiger partial charge < -0.3 is 15.2 Å². The third-order valence-corrected chi connectivity index (χ3v) is 3.55. The SMILES string of the molecule is CC(N)CCc1ccc(-c2ccc3c(c2)OCO3)cc1. The van der Waals surface area contributed by atoms with Crippen molar-refractivity contribution in [2.45, 2.75) is 25.8 Å². The van der Waals surface area contributed by atoms with Gasteiger partial charge in [0.05, 0.1) is 0 Å². The van der Waals surface area contributed by atoms with Crippen molar-refractivity contribution in [2.24, 2.45) is 5.73 Å². The molecule has 1 atom stereocenters. The highest BCUT2D eigenvalue weighted by Crippen LogP contribution is 2.35. The third-order valence-electron chi connectivity index (χ3n) is 3.55. The molecule has 104 valence electrons. The number of hydrogen-bond acceptors (Lipinski definition) is 3. The van der Waals surface area contributed by atoms with Crippen molar-refractivity contribution in [3.63, 3.8) is 0 Å². The molecule has 1 unspecified atom stereocenters. The summed E-state index contributed by atoms with van der Waals surface area (Å²) in [6, 6.07) is 14.9. The minimum absolute atomic E-state index is 0.253. The number of ether oxygens (including phenoxy) is 2. The lowest BCUT2D eigenvalue weighted by atomic mass is 10.0. The van der Waals surface area contributed by atoms with Crippen LogP contribution in [0.2, 0.25) is 0 Å². The largest absolute Gasteiger partial charge is 0.454 e. The van der Waals surface area contributed by atoms with Crippen molar-refractivity contribution in [3.05, 3.63) is 48.0 Å². The van der Waals surface area contributed by atoms with Crippen LogP contribution in [-0.2, 0) is 6.42 Å². The Bertz CT molecular complexity index is 590. The normalized spacial score (nSPS) is 14.3. The van der Waals surface area contributed by atoms with Gasteiger partial charge in [0, 0.05) is 6.04 Å². The second-order valence-corrected chi connectivity index (χ2v) is 5.28. The molecular weight excluding hydrogens is 250 g/mol. The van der Waals surface area contributed by atoms with Crippen LogP contribution in [0.5, 0.6) is 11.5 Å². The summed E-state index contributed by atoms with van der Waals surface area (Å²) in [5.41, 5.74) is 9.45. The molecule has 0 aliphatic carbocycles. The van der Waals surface area contributed by atoms with Gasteiger partial charge in [0.15, 0.2) is 11.5 Å². The second kappa shape index (κ2) is 5.55. The van der Waals surface area contributed by atoms with Gasteiger partial charge in [0.25, 0.3) is 0 Å².